The summed E-state index contributed by atoms with van der Waals surface area (Å²) < 4.78 is 188. The van der Waals surface area contributed by atoms with Crippen molar-refractivity contribution in [2.45, 2.75) is 75.1 Å². The Morgan fingerprint density at radius 1 is 0.545 bits per heavy atom. The lowest BCUT2D eigenvalue weighted by atomic mass is 10.1. The maximum absolute atomic E-state index is 13.2. The zero-order valence-electron chi connectivity index (χ0n) is 56.3. The van der Waals surface area contributed by atoms with Gasteiger partial charge in [-0.3, -0.25) is 67.1 Å². The molecule has 9 aromatic heterocycles. The van der Waals surface area contributed by atoms with E-state index >= 15 is 0 Å². The molecule has 4 unspecified atom stereocenters. The molecule has 0 aliphatic carbocycles. The van der Waals surface area contributed by atoms with E-state index in [1.807, 2.05) is 0 Å². The van der Waals surface area contributed by atoms with E-state index in [-0.39, 0.29) is 87.1 Å². The number of anilines is 4. The Hall–Kier alpha value is -9.53. The van der Waals surface area contributed by atoms with Crippen LogP contribution in [-0.2, 0) is 45.0 Å². The quantitative estimate of drug-likeness (QED) is 0.0111. The van der Waals surface area contributed by atoms with Crippen LogP contribution in [0.15, 0.2) is 123 Å². The average Bonchev–Trinajstić information content (AvgIpc) is 1.62. The third kappa shape index (κ3) is 22.2. The van der Waals surface area contributed by atoms with E-state index in [2.05, 4.69) is 78.8 Å². The van der Waals surface area contributed by atoms with E-state index in [1.165, 1.54) is 69.0 Å². The third-order valence-corrected chi connectivity index (χ3v) is 15.3. The molecular formula is C61H55Cl5F12N17O14P. The summed E-state index contributed by atoms with van der Waals surface area (Å²) in [5.74, 6) is -1.45. The largest absolute Gasteiger partial charge is 0.618 e. The van der Waals surface area contributed by atoms with Gasteiger partial charge in [0, 0.05) is 63.0 Å². The van der Waals surface area contributed by atoms with Crippen LogP contribution >= 0.6 is 62.1 Å². The Kier molecular flexibility index (Phi) is 28.2. The molecule has 31 nitrogen and oxygen atoms in total. The molecule has 4 amide bonds. The number of amides is 4. The molecule has 0 radical (unpaired) electrons. The first-order valence-corrected chi connectivity index (χ1v) is 35.8. The average molecular weight is 1690 g/mol. The highest BCUT2D eigenvalue weighted by atomic mass is 36.0. The molecule has 0 fully saturated rings. The fourth-order valence-electron chi connectivity index (χ4n) is 10.4. The summed E-state index contributed by atoms with van der Waals surface area (Å²) in [6.07, 6.45) is -8.83. The van der Waals surface area contributed by atoms with Gasteiger partial charge in [-0.1, -0.05) is 23.2 Å². The molecule has 4 aliphatic heterocycles. The Labute approximate surface area is 635 Å². The number of rotatable bonds is 17. The van der Waals surface area contributed by atoms with Gasteiger partial charge in [0.15, 0.2) is 29.9 Å². The Balaban J connectivity index is 0.000000180. The van der Waals surface area contributed by atoms with Gasteiger partial charge in [-0.15, -0.1) is 0 Å². The Morgan fingerprint density at radius 3 is 1.45 bits per heavy atom. The molecule has 9 aromatic rings. The van der Waals surface area contributed by atoms with Gasteiger partial charge in [0.25, 0.3) is 35.2 Å². The molecule has 0 saturated carbocycles. The molecule has 592 valence electrons. The van der Waals surface area contributed by atoms with Gasteiger partial charge in [0.05, 0.1) is 116 Å². The fraction of sp³-hybridized carbons (Fsp3) is 0.328. The first-order chi connectivity index (χ1) is 51.6. The van der Waals surface area contributed by atoms with Gasteiger partial charge in [0.1, 0.15) is 48.3 Å². The van der Waals surface area contributed by atoms with E-state index in [0.717, 1.165) is 64.3 Å². The Morgan fingerprint density at radius 2 is 0.991 bits per heavy atom. The number of fused-ring (bicyclic) bond motifs is 4. The number of aromatic nitrogens is 13. The molecule has 0 bridgehead atoms. The van der Waals surface area contributed by atoms with Crippen LogP contribution < -0.4 is 33.8 Å². The van der Waals surface area contributed by atoms with Crippen molar-refractivity contribution in [1.82, 2.24) is 59.1 Å². The van der Waals surface area contributed by atoms with Crippen molar-refractivity contribution < 1.29 is 120 Å². The van der Waals surface area contributed by atoms with Crippen LogP contribution in [0.5, 0.6) is 11.6 Å². The van der Waals surface area contributed by atoms with E-state index in [0.29, 0.717) is 58.6 Å². The standard InChI is InChI=1S/C22H22F3N5O5.C12H7Cl2F3N4O.C12H9F3N4O3.C12H9F3N4O2.C3H8O2.Cl3OP/c1-32-6-7-35-21-18-15(20(31)30(21)14-10-27-29(11-14)12-22(23,24)25)4-5-16(28-18)13-8-17(33-2)19(34-3)26-9-13;13-8-2-1-7-9(19-8)10(14)21(11(7)22)6-3-18-20(4-6)5-12(15,16)17;13-12(14,15)6-17-5-7(4-16-17)19-10(20)8-2-1-3-18(22)9(8)11(19)21;13-12(14,15)6-18-5-7(4-17-18)19-10(20)8-2-1-3-16-9(8)11(19)21;1-5-3-2-4;1-5(2,3)4/h4-5,8-11,21H,6-7,12H2,1-3H3;1-4,10H,5H2;1-5,11,21H,6H2;1-5,11,21H,6H2;4H,2-3H2,1H3;. The predicted molar refractivity (Wildman–Crippen MR) is 363 cm³/mol. The van der Waals surface area contributed by atoms with Crippen LogP contribution in [0.25, 0.3) is 11.3 Å². The zero-order chi connectivity index (χ0) is 81.1. The minimum Gasteiger partial charge on any atom is -0.618 e. The van der Waals surface area contributed by atoms with Crippen LogP contribution in [-0.4, -0.2) is 178 Å². The number of carbonyl (C=O) groups excluding carboxylic acids is 4. The van der Waals surface area contributed by atoms with Crippen LogP contribution in [0.3, 0.4) is 0 Å². The third-order valence-electron chi connectivity index (χ3n) is 14.7. The number of alkyl halides is 13. The van der Waals surface area contributed by atoms with E-state index in [4.69, 9.17) is 47.3 Å². The summed E-state index contributed by atoms with van der Waals surface area (Å²) in [6, 6.07) is 13.6. The first-order valence-electron chi connectivity index (χ1n) is 30.6. The highest BCUT2D eigenvalue weighted by Gasteiger charge is 2.46. The van der Waals surface area contributed by atoms with Crippen LogP contribution in [0.4, 0.5) is 75.4 Å². The summed E-state index contributed by atoms with van der Waals surface area (Å²) in [4.78, 5) is 70.8. The molecular weight excluding hydrogens is 1630 g/mol. The number of carbonyl (C=O) groups is 4. The maximum Gasteiger partial charge on any atom is 0.408 e. The van der Waals surface area contributed by atoms with Crippen molar-refractivity contribution in [1.29, 1.82) is 0 Å². The van der Waals surface area contributed by atoms with Gasteiger partial charge in [-0.05, 0) is 82.3 Å². The number of hydrogen-bond donors (Lipinski definition) is 3. The van der Waals surface area contributed by atoms with Crippen LogP contribution in [0.2, 0.25) is 5.15 Å². The minimum atomic E-state index is -4.46. The lowest BCUT2D eigenvalue weighted by Crippen LogP contribution is -2.35. The number of aliphatic hydroxyl groups is 3. The smallest absolute Gasteiger partial charge is 0.408 e. The molecule has 0 spiro atoms. The van der Waals surface area contributed by atoms with Crippen molar-refractivity contribution in [2.75, 3.05) is 74.5 Å². The summed E-state index contributed by atoms with van der Waals surface area (Å²) in [5, 5.41) is 51.1. The lowest BCUT2D eigenvalue weighted by molar-refractivity contribution is -0.618. The zero-order valence-corrected chi connectivity index (χ0v) is 61.0. The lowest BCUT2D eigenvalue weighted by Gasteiger charge is -2.23. The van der Waals surface area contributed by atoms with Crippen LogP contribution in [0, 0.1) is 5.21 Å². The second-order valence-corrected chi connectivity index (χ2v) is 29.8. The van der Waals surface area contributed by atoms with Gasteiger partial charge in [-0.25, -0.2) is 15.0 Å². The maximum atomic E-state index is 13.2. The number of ether oxygens (including phenoxy) is 5. The molecule has 0 aromatic carbocycles. The van der Waals surface area contributed by atoms with Crippen LogP contribution in [0.1, 0.15) is 88.4 Å². The van der Waals surface area contributed by atoms with Gasteiger partial charge < -0.3 is 44.2 Å². The van der Waals surface area contributed by atoms with Gasteiger partial charge in [0.2, 0.25) is 6.23 Å². The number of nitrogens with zero attached hydrogens (tertiary/aromatic N) is 17. The number of aliphatic hydroxyl groups excluding tert-OH is 3. The van der Waals surface area contributed by atoms with Crippen molar-refractivity contribution in [3.8, 4) is 22.9 Å². The molecule has 4 aliphatic rings. The number of hydrogen-bond acceptors (Lipinski definition) is 22. The van der Waals surface area contributed by atoms with Crippen molar-refractivity contribution >= 4 is 109 Å². The molecule has 13 rings (SSSR count). The normalized spacial score (nSPS) is 16.5. The monoisotopic (exact) mass is 1680 g/mol. The molecule has 49 heteroatoms. The highest BCUT2D eigenvalue weighted by Crippen LogP contribution is 2.61. The van der Waals surface area contributed by atoms with Crippen molar-refractivity contribution in [3.63, 3.8) is 0 Å². The first kappa shape index (κ1) is 86.1. The SMILES string of the molecule is COCCO.COCCOC1c2nc(-c3cnc(OC)c(OC)c3)ccc2C(=O)N1c1cnn(CC(F)(F)F)c1.O=C1c2ccc(Cl)nc2C(Cl)N1c1cnn(CC(F)(F)F)c1.O=C1c2ccc[n+]([O-])c2C(O)N1c1cnn(CC(F)(F)F)c1.O=C1c2cccnc2C(O)N1c1cnn(CC(F)(F)F)c1.O=P(Cl)(Cl)Cl. The number of pyridine rings is 5. The van der Waals surface area contributed by atoms with Crippen molar-refractivity contribution in [2.24, 2.45) is 0 Å². The van der Waals surface area contributed by atoms with E-state index in [9.17, 15) is 91.8 Å². The van der Waals surface area contributed by atoms with Crippen molar-refractivity contribution in [3.05, 3.63) is 178 Å². The Bertz CT molecular complexity index is 4770. The topological polar surface area (TPSA) is 355 Å². The molecule has 3 N–H and O–H groups in total. The highest BCUT2D eigenvalue weighted by molar-refractivity contribution is 8.24. The summed E-state index contributed by atoms with van der Waals surface area (Å²) >= 11 is 25.8. The molecule has 0 saturated heterocycles. The molecule has 4 atom stereocenters. The van der Waals surface area contributed by atoms with Gasteiger partial charge >= 0.3 is 29.9 Å². The molecule has 110 heavy (non-hydrogen) atoms. The van der Waals surface area contributed by atoms with E-state index < -0.39 is 104 Å². The van der Waals surface area contributed by atoms with E-state index in [1.54, 1.807) is 37.6 Å². The number of halogens is 17. The second kappa shape index (κ2) is 36.1. The summed E-state index contributed by atoms with van der Waals surface area (Å²) in [6.45, 7) is -4.21. The fourth-order valence-corrected chi connectivity index (χ4v) is 10.9. The summed E-state index contributed by atoms with van der Waals surface area (Å²) in [5.41, 5.74) is 1.79. The minimum absolute atomic E-state index is 0.00595. The van der Waals surface area contributed by atoms with Gasteiger partial charge in [-0.2, -0.15) is 77.8 Å². The predicted octanol–water partition coefficient (Wildman–Crippen LogP) is 11.3. The number of methoxy groups -OCH3 is 4. The summed E-state index contributed by atoms with van der Waals surface area (Å²) in [7, 11) is 6.00. The second-order valence-electron chi connectivity index (χ2n) is 22.4. The molecule has 13 heterocycles.